The molecule has 1 aromatic heterocycles. The highest BCUT2D eigenvalue weighted by Crippen LogP contribution is 2.19. The first kappa shape index (κ1) is 18.3. The summed E-state index contributed by atoms with van der Waals surface area (Å²) in [4.78, 5) is 11.6. The largest absolute Gasteiger partial charge is 0.497 e. The van der Waals surface area contributed by atoms with Crippen LogP contribution in [0.2, 0.25) is 0 Å². The third-order valence-corrected chi connectivity index (χ3v) is 4.47. The molecule has 0 aliphatic carbocycles. The van der Waals surface area contributed by atoms with Crippen LogP contribution in [-0.2, 0) is 0 Å². The molecule has 0 saturated carbocycles. The van der Waals surface area contributed by atoms with Crippen LogP contribution in [0.15, 0.2) is 30.3 Å². The Morgan fingerprint density at radius 2 is 1.69 bits per heavy atom. The Morgan fingerprint density at radius 3 is 2.38 bits per heavy atom. The molecule has 1 N–H and O–H groups in total. The van der Waals surface area contributed by atoms with E-state index in [-0.39, 0.29) is 0 Å². The van der Waals surface area contributed by atoms with Crippen molar-refractivity contribution in [1.29, 1.82) is 0 Å². The smallest absolute Gasteiger partial charge is 0.227 e. The van der Waals surface area contributed by atoms with E-state index in [2.05, 4.69) is 15.2 Å². The molecule has 1 aliphatic rings. The Kier molecular flexibility index (Phi) is 6.52. The molecule has 3 rings (SSSR count). The van der Waals surface area contributed by atoms with E-state index in [1.807, 2.05) is 37.3 Å². The predicted octanol–water partition coefficient (Wildman–Crippen LogP) is 3.66. The van der Waals surface area contributed by atoms with E-state index in [1.165, 1.54) is 25.7 Å². The first-order chi connectivity index (χ1) is 12.7. The number of methoxy groups -OCH3 is 1. The molecule has 0 spiro atoms. The number of hydrogen-bond donors (Lipinski definition) is 1. The van der Waals surface area contributed by atoms with Crippen molar-refractivity contribution in [2.75, 3.05) is 43.6 Å². The number of aryl methyl sites for hydroxylation is 1. The number of anilines is 2. The number of ether oxygens (including phenoxy) is 2. The van der Waals surface area contributed by atoms with Crippen molar-refractivity contribution in [3.63, 3.8) is 0 Å². The predicted molar refractivity (Wildman–Crippen MR) is 104 cm³/mol. The Balaban J connectivity index is 1.52. The molecule has 0 bridgehead atoms. The molecule has 1 saturated heterocycles. The van der Waals surface area contributed by atoms with Crippen molar-refractivity contribution in [1.82, 2.24) is 9.97 Å². The lowest BCUT2D eigenvalue weighted by molar-refractivity contribution is 0.331. The second-order valence-corrected chi connectivity index (χ2v) is 6.55. The van der Waals surface area contributed by atoms with Crippen molar-refractivity contribution in [3.8, 4) is 11.5 Å². The van der Waals surface area contributed by atoms with Gasteiger partial charge in [-0.25, -0.2) is 4.98 Å². The topological polar surface area (TPSA) is 59.5 Å². The van der Waals surface area contributed by atoms with Gasteiger partial charge in [0.2, 0.25) is 5.95 Å². The molecule has 2 aromatic rings. The maximum atomic E-state index is 5.75. The molecule has 0 amide bonds. The summed E-state index contributed by atoms with van der Waals surface area (Å²) in [5, 5.41) is 3.35. The van der Waals surface area contributed by atoms with Crippen molar-refractivity contribution in [3.05, 3.63) is 36.0 Å². The van der Waals surface area contributed by atoms with Gasteiger partial charge in [0.05, 0.1) is 13.7 Å². The molecule has 2 heterocycles. The summed E-state index contributed by atoms with van der Waals surface area (Å²) in [6.45, 7) is 5.35. The van der Waals surface area contributed by atoms with Crippen LogP contribution in [0.5, 0.6) is 11.5 Å². The van der Waals surface area contributed by atoms with Gasteiger partial charge in [-0.05, 0) is 44.0 Å². The zero-order valence-electron chi connectivity index (χ0n) is 15.7. The lowest BCUT2D eigenvalue weighted by Gasteiger charge is -2.21. The van der Waals surface area contributed by atoms with E-state index in [0.29, 0.717) is 13.2 Å². The Bertz CT molecular complexity index is 683. The molecule has 1 aromatic carbocycles. The molecule has 0 radical (unpaired) electrons. The van der Waals surface area contributed by atoms with Crippen molar-refractivity contribution in [2.24, 2.45) is 0 Å². The quantitative estimate of drug-likeness (QED) is 0.764. The number of nitrogens with one attached hydrogen (secondary N) is 1. The molecule has 26 heavy (non-hydrogen) atoms. The average Bonchev–Trinajstić information content (AvgIpc) is 2.95. The van der Waals surface area contributed by atoms with Crippen LogP contribution in [0.4, 0.5) is 11.8 Å². The van der Waals surface area contributed by atoms with Gasteiger partial charge in [-0.3, -0.25) is 0 Å². The SMILES string of the molecule is COc1ccc(OCCNc2cc(C)nc(N3CCCCCC3)n2)cc1. The van der Waals surface area contributed by atoms with Crippen molar-refractivity contribution >= 4 is 11.8 Å². The van der Waals surface area contributed by atoms with Gasteiger partial charge in [0.15, 0.2) is 0 Å². The normalized spacial score (nSPS) is 14.6. The maximum Gasteiger partial charge on any atom is 0.227 e. The number of hydrogen-bond acceptors (Lipinski definition) is 6. The zero-order valence-corrected chi connectivity index (χ0v) is 15.7. The van der Waals surface area contributed by atoms with Gasteiger partial charge in [-0.1, -0.05) is 12.8 Å². The van der Waals surface area contributed by atoms with E-state index in [0.717, 1.165) is 42.0 Å². The standard InChI is InChI=1S/C20H28N4O2/c1-16-15-19(23-20(22-16)24-12-5-3-4-6-13-24)21-11-14-26-18-9-7-17(25-2)8-10-18/h7-10,15H,3-6,11-14H2,1-2H3,(H,21,22,23). The van der Waals surface area contributed by atoms with Gasteiger partial charge in [-0.15, -0.1) is 0 Å². The van der Waals surface area contributed by atoms with Crippen LogP contribution in [-0.4, -0.2) is 43.3 Å². The summed E-state index contributed by atoms with van der Waals surface area (Å²) in [7, 11) is 1.66. The van der Waals surface area contributed by atoms with Crippen LogP contribution in [0.25, 0.3) is 0 Å². The molecule has 0 unspecified atom stereocenters. The van der Waals surface area contributed by atoms with Crippen molar-refractivity contribution in [2.45, 2.75) is 32.6 Å². The van der Waals surface area contributed by atoms with Crippen LogP contribution in [0.1, 0.15) is 31.4 Å². The van der Waals surface area contributed by atoms with E-state index < -0.39 is 0 Å². The molecular weight excluding hydrogens is 328 g/mol. The first-order valence-electron chi connectivity index (χ1n) is 9.36. The second kappa shape index (κ2) is 9.27. The van der Waals surface area contributed by atoms with Crippen LogP contribution >= 0.6 is 0 Å². The maximum absolute atomic E-state index is 5.75. The summed E-state index contributed by atoms with van der Waals surface area (Å²) >= 11 is 0. The molecule has 6 nitrogen and oxygen atoms in total. The lowest BCUT2D eigenvalue weighted by Crippen LogP contribution is -2.26. The second-order valence-electron chi connectivity index (χ2n) is 6.55. The fraction of sp³-hybridized carbons (Fsp3) is 0.500. The fourth-order valence-electron chi connectivity index (χ4n) is 3.08. The number of aromatic nitrogens is 2. The van der Waals surface area contributed by atoms with Crippen LogP contribution in [0, 0.1) is 6.92 Å². The number of benzene rings is 1. The highest BCUT2D eigenvalue weighted by Gasteiger charge is 2.13. The molecule has 1 fully saturated rings. The highest BCUT2D eigenvalue weighted by molar-refractivity contribution is 5.43. The van der Waals surface area contributed by atoms with E-state index in [9.17, 15) is 0 Å². The molecule has 6 heteroatoms. The van der Waals surface area contributed by atoms with E-state index in [4.69, 9.17) is 14.5 Å². The van der Waals surface area contributed by atoms with Gasteiger partial charge in [-0.2, -0.15) is 4.98 Å². The lowest BCUT2D eigenvalue weighted by atomic mass is 10.2. The van der Waals surface area contributed by atoms with E-state index >= 15 is 0 Å². The summed E-state index contributed by atoms with van der Waals surface area (Å²) in [6, 6.07) is 9.58. The van der Waals surface area contributed by atoms with Gasteiger partial charge in [0.1, 0.15) is 23.9 Å². The summed E-state index contributed by atoms with van der Waals surface area (Å²) in [6.07, 6.45) is 5.04. The van der Waals surface area contributed by atoms with E-state index in [1.54, 1.807) is 7.11 Å². The monoisotopic (exact) mass is 356 g/mol. The fourth-order valence-corrected chi connectivity index (χ4v) is 3.08. The summed E-state index contributed by atoms with van der Waals surface area (Å²) in [5.41, 5.74) is 0.984. The number of nitrogens with zero attached hydrogens (tertiary/aromatic N) is 3. The Morgan fingerprint density at radius 1 is 1.00 bits per heavy atom. The average molecular weight is 356 g/mol. The summed E-state index contributed by atoms with van der Waals surface area (Å²) in [5.74, 6) is 3.35. The molecule has 140 valence electrons. The van der Waals surface area contributed by atoms with Gasteiger partial charge in [0.25, 0.3) is 0 Å². The third kappa shape index (κ3) is 5.25. The van der Waals surface area contributed by atoms with Gasteiger partial charge < -0.3 is 19.7 Å². The summed E-state index contributed by atoms with van der Waals surface area (Å²) < 4.78 is 10.9. The van der Waals surface area contributed by atoms with Crippen LogP contribution in [0.3, 0.4) is 0 Å². The molecular formula is C20H28N4O2. The highest BCUT2D eigenvalue weighted by atomic mass is 16.5. The van der Waals surface area contributed by atoms with Gasteiger partial charge >= 0.3 is 0 Å². The molecule has 1 aliphatic heterocycles. The van der Waals surface area contributed by atoms with Gasteiger partial charge in [0, 0.05) is 24.8 Å². The minimum atomic E-state index is 0.564. The minimum Gasteiger partial charge on any atom is -0.497 e. The first-order valence-corrected chi connectivity index (χ1v) is 9.36. The Hall–Kier alpha value is -2.50. The minimum absolute atomic E-state index is 0.564. The number of rotatable bonds is 7. The third-order valence-electron chi connectivity index (χ3n) is 4.47. The van der Waals surface area contributed by atoms with Crippen molar-refractivity contribution < 1.29 is 9.47 Å². The molecule has 0 atom stereocenters. The van der Waals surface area contributed by atoms with Crippen LogP contribution < -0.4 is 19.7 Å². The Labute approximate surface area is 155 Å². The zero-order chi connectivity index (χ0) is 18.2.